The summed E-state index contributed by atoms with van der Waals surface area (Å²) in [7, 11) is 0.0809. The van der Waals surface area contributed by atoms with Gasteiger partial charge in [0.05, 0.1) is 26.1 Å². The summed E-state index contributed by atoms with van der Waals surface area (Å²) in [6.45, 7) is 6.14. The van der Waals surface area contributed by atoms with Crippen molar-refractivity contribution in [1.29, 1.82) is 0 Å². The quantitative estimate of drug-likeness (QED) is 0.515. The second kappa shape index (κ2) is 6.18. The summed E-state index contributed by atoms with van der Waals surface area (Å²) in [4.78, 5) is 11.1. The van der Waals surface area contributed by atoms with Crippen molar-refractivity contribution in [2.24, 2.45) is 0 Å². The molecule has 0 aliphatic carbocycles. The van der Waals surface area contributed by atoms with Crippen molar-refractivity contribution in [1.82, 2.24) is 0 Å². The molecule has 2 nitrogen and oxygen atoms in total. The molecule has 0 heterocycles. The lowest BCUT2D eigenvalue weighted by molar-refractivity contribution is -0.00000631. The molecule has 0 bridgehead atoms. The molecule has 0 amide bonds. The number of hydrogen-bond donors (Lipinski definition) is 0. The van der Waals surface area contributed by atoms with E-state index in [1.54, 1.807) is 0 Å². The zero-order valence-corrected chi connectivity index (χ0v) is 10.6. The van der Waals surface area contributed by atoms with E-state index in [0.717, 1.165) is 12.3 Å². The summed E-state index contributed by atoms with van der Waals surface area (Å²) in [6, 6.07) is 0. The Morgan fingerprint density at radius 2 is 1.73 bits per heavy atom. The largest absolute Gasteiger partial charge is 1.00 e. The van der Waals surface area contributed by atoms with Crippen molar-refractivity contribution in [3.05, 3.63) is 0 Å². The predicted molar refractivity (Wildman–Crippen MR) is 46.3 cm³/mol. The van der Waals surface area contributed by atoms with E-state index in [0.29, 0.717) is 0 Å². The molecule has 0 rings (SSSR count). The van der Waals surface area contributed by atoms with Crippen LogP contribution < -0.4 is 24.0 Å². The van der Waals surface area contributed by atoms with Crippen LogP contribution in [0.15, 0.2) is 0 Å². The number of rotatable bonds is 3. The van der Waals surface area contributed by atoms with E-state index >= 15 is 0 Å². The Bertz CT molecular complexity index is 124. The van der Waals surface area contributed by atoms with Gasteiger partial charge >= 0.3 is 5.71 Å². The van der Waals surface area contributed by atoms with Gasteiger partial charge in [-0.15, -0.1) is 0 Å². The highest BCUT2D eigenvalue weighted by Gasteiger charge is 2.38. The fourth-order valence-electron chi connectivity index (χ4n) is 0.702. The second-order valence-electron chi connectivity index (χ2n) is 2.50. The molecule has 0 aliphatic rings. The third-order valence-electron chi connectivity index (χ3n) is 2.01. The summed E-state index contributed by atoms with van der Waals surface area (Å²) < 4.78 is 4.71. The molecule has 0 saturated heterocycles. The Balaban J connectivity index is 0. The van der Waals surface area contributed by atoms with Gasteiger partial charge < -0.3 is 28.7 Å². The molecule has 68 valence electrons. The van der Waals surface area contributed by atoms with E-state index < -0.39 is 7.26 Å². The maximum atomic E-state index is 11.1. The summed E-state index contributed by atoms with van der Waals surface area (Å²) in [6.07, 6.45) is 1.91. The molecule has 11 heavy (non-hydrogen) atoms. The molecule has 4 heteroatoms. The molecular formula is C7H16IO2P. The predicted octanol–water partition coefficient (Wildman–Crippen LogP) is -0.556. The number of halogens is 1. The van der Waals surface area contributed by atoms with Crippen LogP contribution in [0.25, 0.3) is 0 Å². The molecule has 0 atom stereocenters. The first-order valence-corrected chi connectivity index (χ1v) is 6.14. The van der Waals surface area contributed by atoms with E-state index in [1.807, 2.05) is 20.5 Å². The SMILES string of the molecule is CC[P+](C)(CC)C(=O)OC.[I-]. The number of carbonyl (C=O) groups excluding carboxylic acids is 1. The van der Waals surface area contributed by atoms with Gasteiger partial charge in [-0.05, 0) is 13.8 Å². The number of ether oxygens (including phenoxy) is 1. The highest BCUT2D eigenvalue weighted by atomic mass is 127. The van der Waals surface area contributed by atoms with Gasteiger partial charge in [0.25, 0.3) is 0 Å². The Morgan fingerprint density at radius 3 is 1.82 bits per heavy atom. The first kappa shape index (κ1) is 14.2. The van der Waals surface area contributed by atoms with Crippen molar-refractivity contribution < 1.29 is 33.5 Å². The third-order valence-corrected chi connectivity index (χ3v) is 5.87. The first-order valence-electron chi connectivity index (χ1n) is 3.53. The van der Waals surface area contributed by atoms with Crippen LogP contribution in [-0.4, -0.2) is 31.8 Å². The van der Waals surface area contributed by atoms with Gasteiger partial charge in [0.1, 0.15) is 7.26 Å². The molecule has 0 N–H and O–H groups in total. The maximum absolute atomic E-state index is 11.1. The number of methoxy groups -OCH3 is 1. The zero-order valence-electron chi connectivity index (χ0n) is 7.56. The van der Waals surface area contributed by atoms with Crippen molar-refractivity contribution >= 4 is 13.0 Å². The first-order chi connectivity index (χ1) is 4.60. The average Bonchev–Trinajstić information content (AvgIpc) is 2.01. The van der Waals surface area contributed by atoms with Crippen molar-refractivity contribution in [3.8, 4) is 0 Å². The van der Waals surface area contributed by atoms with Crippen LogP contribution in [-0.2, 0) is 4.74 Å². The van der Waals surface area contributed by atoms with Crippen LogP contribution in [0, 0.1) is 0 Å². The summed E-state index contributed by atoms with van der Waals surface area (Å²) in [5.74, 6) is 0. The maximum Gasteiger partial charge on any atom is 0.450 e. The van der Waals surface area contributed by atoms with Crippen molar-refractivity contribution in [2.45, 2.75) is 13.8 Å². The summed E-state index contributed by atoms with van der Waals surface area (Å²) in [5, 5.41) is 0. The highest BCUT2D eigenvalue weighted by Crippen LogP contribution is 2.55. The van der Waals surface area contributed by atoms with E-state index in [2.05, 4.69) is 0 Å². The minimum atomic E-state index is -1.38. The van der Waals surface area contributed by atoms with Gasteiger partial charge in [0.2, 0.25) is 0 Å². The van der Waals surface area contributed by atoms with Crippen LogP contribution in [0.4, 0.5) is 4.79 Å². The zero-order chi connectivity index (χ0) is 8.20. The second-order valence-corrected chi connectivity index (χ2v) is 6.92. The monoisotopic (exact) mass is 290 g/mol. The molecule has 0 fully saturated rings. The van der Waals surface area contributed by atoms with Crippen LogP contribution >= 0.6 is 7.26 Å². The Labute approximate surface area is 86.4 Å². The van der Waals surface area contributed by atoms with Gasteiger partial charge in [0, 0.05) is 0 Å². The fraction of sp³-hybridized carbons (Fsp3) is 0.857. The minimum Gasteiger partial charge on any atom is -1.00 e. The van der Waals surface area contributed by atoms with Gasteiger partial charge in [-0.3, -0.25) is 0 Å². The lowest BCUT2D eigenvalue weighted by atomic mass is 11.0. The third kappa shape index (κ3) is 3.70. The van der Waals surface area contributed by atoms with Crippen LogP contribution in [0.1, 0.15) is 13.8 Å². The van der Waals surface area contributed by atoms with Gasteiger partial charge in [-0.1, -0.05) is 0 Å². The standard InChI is InChI=1S/C7H16O2P.HI/c1-5-10(4,6-2)7(8)9-3;/h5-6H2,1-4H3;1H/q+1;/p-1. The molecule has 0 spiro atoms. The van der Waals surface area contributed by atoms with E-state index in [-0.39, 0.29) is 29.7 Å². The smallest absolute Gasteiger partial charge is 0.450 e. The molecular weight excluding hydrogens is 274 g/mol. The van der Waals surface area contributed by atoms with Crippen LogP contribution in [0.3, 0.4) is 0 Å². The normalized spacial score (nSPS) is 10.2. The fourth-order valence-corrected chi connectivity index (χ4v) is 2.11. The molecule has 0 aromatic carbocycles. The Hall–Kier alpha value is 0.630. The van der Waals surface area contributed by atoms with Crippen LogP contribution in [0.5, 0.6) is 0 Å². The van der Waals surface area contributed by atoms with Gasteiger partial charge in [-0.2, -0.15) is 0 Å². The highest BCUT2D eigenvalue weighted by molar-refractivity contribution is 7.89. The van der Waals surface area contributed by atoms with Crippen molar-refractivity contribution in [3.63, 3.8) is 0 Å². The summed E-state index contributed by atoms with van der Waals surface area (Å²) in [5.41, 5.74) is 0.0116. The van der Waals surface area contributed by atoms with E-state index in [4.69, 9.17) is 4.74 Å². The van der Waals surface area contributed by atoms with Gasteiger partial charge in [-0.25, -0.2) is 4.79 Å². The average molecular weight is 290 g/mol. The lowest BCUT2D eigenvalue weighted by Gasteiger charge is -2.14. The molecule has 0 radical (unpaired) electrons. The minimum absolute atomic E-state index is 0. The van der Waals surface area contributed by atoms with Crippen molar-refractivity contribution in [2.75, 3.05) is 26.1 Å². The Kier molecular flexibility index (Phi) is 7.96. The molecule has 0 aliphatic heterocycles. The molecule has 0 aromatic rings. The molecule has 0 unspecified atom stereocenters. The Morgan fingerprint density at radius 1 is 1.36 bits per heavy atom. The molecule has 0 saturated carbocycles. The number of hydrogen-bond acceptors (Lipinski definition) is 2. The topological polar surface area (TPSA) is 26.3 Å². The van der Waals surface area contributed by atoms with E-state index in [1.165, 1.54) is 7.11 Å². The summed E-state index contributed by atoms with van der Waals surface area (Å²) >= 11 is 0. The van der Waals surface area contributed by atoms with Crippen LogP contribution in [0.2, 0.25) is 0 Å². The lowest BCUT2D eigenvalue weighted by Crippen LogP contribution is -3.00. The number of carbonyl (C=O) groups is 1. The van der Waals surface area contributed by atoms with E-state index in [9.17, 15) is 4.79 Å². The van der Waals surface area contributed by atoms with Gasteiger partial charge in [0.15, 0.2) is 0 Å². The molecule has 0 aromatic heterocycles.